The molecule has 28 heavy (non-hydrogen) atoms. The van der Waals surface area contributed by atoms with Crippen molar-refractivity contribution in [1.29, 1.82) is 0 Å². The Kier molecular flexibility index (Phi) is 4.84. The third-order valence-corrected chi connectivity index (χ3v) is 5.33. The van der Waals surface area contributed by atoms with E-state index in [4.69, 9.17) is 4.98 Å². The third kappa shape index (κ3) is 3.49. The van der Waals surface area contributed by atoms with Gasteiger partial charge in [0, 0.05) is 41.8 Å². The normalized spacial score (nSPS) is 13.9. The first kappa shape index (κ1) is 18.5. The number of carbonyl (C=O) groups excluding carboxylic acids is 1. The molecule has 2 heterocycles. The Morgan fingerprint density at radius 3 is 2.50 bits per heavy atom. The highest BCUT2D eigenvalue weighted by Crippen LogP contribution is 2.38. The summed E-state index contributed by atoms with van der Waals surface area (Å²) in [6.45, 7) is 8.80. The van der Waals surface area contributed by atoms with E-state index in [1.54, 1.807) is 0 Å². The molecule has 1 aliphatic rings. The molecule has 0 radical (unpaired) electrons. The number of hydrogen-bond donors (Lipinski definition) is 0. The van der Waals surface area contributed by atoms with E-state index in [1.165, 1.54) is 12.8 Å². The predicted molar refractivity (Wildman–Crippen MR) is 111 cm³/mol. The van der Waals surface area contributed by atoms with Crippen molar-refractivity contribution in [3.63, 3.8) is 0 Å². The van der Waals surface area contributed by atoms with Gasteiger partial charge >= 0.3 is 0 Å². The van der Waals surface area contributed by atoms with Crippen molar-refractivity contribution in [2.75, 3.05) is 6.54 Å². The molecule has 2 aromatic heterocycles. The first-order chi connectivity index (χ1) is 13.5. The highest BCUT2D eigenvalue weighted by atomic mass is 16.2. The van der Waals surface area contributed by atoms with Gasteiger partial charge in [0.25, 0.3) is 5.91 Å². The molecule has 144 valence electrons. The average molecular weight is 374 g/mol. The molecule has 0 spiro atoms. The van der Waals surface area contributed by atoms with Crippen LogP contribution in [0.5, 0.6) is 0 Å². The van der Waals surface area contributed by atoms with Gasteiger partial charge in [0.05, 0.1) is 16.8 Å². The first-order valence-corrected chi connectivity index (χ1v) is 10.0. The number of amides is 1. The van der Waals surface area contributed by atoms with Crippen LogP contribution in [0.1, 0.15) is 61.3 Å². The van der Waals surface area contributed by atoms with Crippen LogP contribution >= 0.6 is 0 Å². The van der Waals surface area contributed by atoms with E-state index in [0.717, 1.165) is 33.5 Å². The molecule has 5 heteroatoms. The van der Waals surface area contributed by atoms with Crippen molar-refractivity contribution in [2.24, 2.45) is 0 Å². The van der Waals surface area contributed by atoms with Gasteiger partial charge in [-0.25, -0.2) is 15.0 Å². The lowest BCUT2D eigenvalue weighted by molar-refractivity contribution is 0.0719. The van der Waals surface area contributed by atoms with Crippen LogP contribution in [0.15, 0.2) is 36.7 Å². The summed E-state index contributed by atoms with van der Waals surface area (Å²) >= 11 is 0. The van der Waals surface area contributed by atoms with Gasteiger partial charge < -0.3 is 4.90 Å². The quantitative estimate of drug-likeness (QED) is 0.647. The molecule has 1 amide bonds. The minimum atomic E-state index is 0.0329. The largest absolute Gasteiger partial charge is 0.336 e. The first-order valence-electron chi connectivity index (χ1n) is 10.0. The third-order valence-electron chi connectivity index (χ3n) is 5.33. The van der Waals surface area contributed by atoms with E-state index < -0.39 is 0 Å². The summed E-state index contributed by atoms with van der Waals surface area (Å²) < 4.78 is 0. The zero-order chi connectivity index (χ0) is 19.8. The predicted octanol–water partition coefficient (Wildman–Crippen LogP) is 4.75. The van der Waals surface area contributed by atoms with Gasteiger partial charge in [-0.1, -0.05) is 12.1 Å². The smallest absolute Gasteiger partial charge is 0.254 e. The standard InChI is InChI=1S/C23H26N4O/c1-5-27(14(2)3)23(28)19-11-20(26-21-10-15(4)6-9-18(19)21)17-12-24-22(25-13-17)16-7-8-16/h6,9-14,16H,5,7-8H2,1-4H3. The number of fused-ring (bicyclic) bond motifs is 1. The summed E-state index contributed by atoms with van der Waals surface area (Å²) in [6, 6.07) is 8.08. The summed E-state index contributed by atoms with van der Waals surface area (Å²) in [5.74, 6) is 1.46. The second-order valence-electron chi connectivity index (χ2n) is 7.86. The minimum Gasteiger partial charge on any atom is -0.336 e. The molecular formula is C23H26N4O. The summed E-state index contributed by atoms with van der Waals surface area (Å²) in [5.41, 5.74) is 4.21. The van der Waals surface area contributed by atoms with Crippen molar-refractivity contribution in [3.8, 4) is 11.3 Å². The number of rotatable bonds is 5. The lowest BCUT2D eigenvalue weighted by Crippen LogP contribution is -2.36. The Hall–Kier alpha value is -2.82. The lowest BCUT2D eigenvalue weighted by Gasteiger charge is -2.26. The molecule has 0 N–H and O–H groups in total. The second-order valence-corrected chi connectivity index (χ2v) is 7.86. The van der Waals surface area contributed by atoms with Gasteiger partial charge in [-0.15, -0.1) is 0 Å². The number of aryl methyl sites for hydroxylation is 1. The molecule has 1 saturated carbocycles. The van der Waals surface area contributed by atoms with Crippen LogP contribution in [0.4, 0.5) is 0 Å². The Labute approximate surface area is 165 Å². The van der Waals surface area contributed by atoms with Crippen LogP contribution in [0.3, 0.4) is 0 Å². The topological polar surface area (TPSA) is 59.0 Å². The van der Waals surface area contributed by atoms with Crippen molar-refractivity contribution in [3.05, 3.63) is 53.6 Å². The van der Waals surface area contributed by atoms with Crippen molar-refractivity contribution < 1.29 is 4.79 Å². The van der Waals surface area contributed by atoms with Crippen LogP contribution in [-0.2, 0) is 0 Å². The molecule has 1 aromatic carbocycles. The zero-order valence-corrected chi connectivity index (χ0v) is 16.9. The van der Waals surface area contributed by atoms with Crippen molar-refractivity contribution in [2.45, 2.75) is 52.5 Å². The average Bonchev–Trinajstić information content (AvgIpc) is 3.52. The van der Waals surface area contributed by atoms with E-state index >= 15 is 0 Å². The second kappa shape index (κ2) is 7.30. The maximum absolute atomic E-state index is 13.3. The number of nitrogens with zero attached hydrogens (tertiary/aromatic N) is 4. The van der Waals surface area contributed by atoms with Gasteiger partial charge in [-0.05, 0) is 58.2 Å². The van der Waals surface area contributed by atoms with Gasteiger partial charge in [-0.2, -0.15) is 0 Å². The van der Waals surface area contributed by atoms with Crippen LogP contribution in [-0.4, -0.2) is 38.3 Å². The maximum atomic E-state index is 13.3. The molecule has 0 atom stereocenters. The van der Waals surface area contributed by atoms with Gasteiger partial charge in [-0.3, -0.25) is 4.79 Å². The number of pyridine rings is 1. The minimum absolute atomic E-state index is 0.0329. The van der Waals surface area contributed by atoms with E-state index in [1.807, 2.05) is 69.3 Å². The van der Waals surface area contributed by atoms with Crippen molar-refractivity contribution in [1.82, 2.24) is 19.9 Å². The molecule has 1 fully saturated rings. The molecule has 1 aliphatic carbocycles. The Balaban J connectivity index is 1.84. The molecule has 0 aliphatic heterocycles. The van der Waals surface area contributed by atoms with Crippen molar-refractivity contribution >= 4 is 16.8 Å². The summed E-state index contributed by atoms with van der Waals surface area (Å²) in [4.78, 5) is 29.1. The fourth-order valence-electron chi connectivity index (χ4n) is 3.58. The summed E-state index contributed by atoms with van der Waals surface area (Å²) in [5, 5.41) is 0.883. The Bertz CT molecular complexity index is 1020. The molecule has 5 nitrogen and oxygen atoms in total. The molecule has 3 aromatic rings. The molecule has 4 rings (SSSR count). The number of hydrogen-bond acceptors (Lipinski definition) is 4. The number of aromatic nitrogens is 3. The van der Waals surface area contributed by atoms with E-state index in [9.17, 15) is 4.79 Å². The Morgan fingerprint density at radius 2 is 1.89 bits per heavy atom. The van der Waals surface area contributed by atoms with Gasteiger partial charge in [0.1, 0.15) is 5.82 Å². The van der Waals surface area contributed by atoms with Crippen LogP contribution in [0, 0.1) is 6.92 Å². The summed E-state index contributed by atoms with van der Waals surface area (Å²) in [6.07, 6.45) is 6.01. The maximum Gasteiger partial charge on any atom is 0.254 e. The fourth-order valence-corrected chi connectivity index (χ4v) is 3.58. The lowest BCUT2D eigenvalue weighted by atomic mass is 10.0. The highest BCUT2D eigenvalue weighted by Gasteiger charge is 2.26. The molecule has 0 bridgehead atoms. The van der Waals surface area contributed by atoms with E-state index in [2.05, 4.69) is 9.97 Å². The van der Waals surface area contributed by atoms with Gasteiger partial charge in [0.2, 0.25) is 0 Å². The van der Waals surface area contributed by atoms with E-state index in [-0.39, 0.29) is 11.9 Å². The monoisotopic (exact) mass is 374 g/mol. The van der Waals surface area contributed by atoms with Crippen LogP contribution < -0.4 is 0 Å². The van der Waals surface area contributed by atoms with Gasteiger partial charge in [0.15, 0.2) is 0 Å². The molecular weight excluding hydrogens is 348 g/mol. The Morgan fingerprint density at radius 1 is 1.18 bits per heavy atom. The van der Waals surface area contributed by atoms with E-state index in [0.29, 0.717) is 18.0 Å². The summed E-state index contributed by atoms with van der Waals surface area (Å²) in [7, 11) is 0. The molecule has 0 saturated heterocycles. The zero-order valence-electron chi connectivity index (χ0n) is 16.9. The van der Waals surface area contributed by atoms with Crippen LogP contribution in [0.2, 0.25) is 0 Å². The highest BCUT2D eigenvalue weighted by molar-refractivity contribution is 6.07. The SMILES string of the molecule is CCN(C(=O)c1cc(-c2cnc(C3CC3)nc2)nc2cc(C)ccc12)C(C)C. The molecule has 0 unspecified atom stereocenters. The number of carbonyl (C=O) groups is 1. The van der Waals surface area contributed by atoms with Crippen LogP contribution in [0.25, 0.3) is 22.2 Å². The fraction of sp³-hybridized carbons (Fsp3) is 0.391. The number of benzene rings is 1.